The molecule has 0 saturated carbocycles. The van der Waals surface area contributed by atoms with E-state index < -0.39 is 10.0 Å². The summed E-state index contributed by atoms with van der Waals surface area (Å²) < 4.78 is 28.2. The highest BCUT2D eigenvalue weighted by atomic mass is 32.2. The van der Waals surface area contributed by atoms with E-state index in [2.05, 4.69) is 20.5 Å². The molecule has 1 aliphatic heterocycles. The second-order valence-electron chi connectivity index (χ2n) is 6.51. The van der Waals surface area contributed by atoms with E-state index in [1.165, 1.54) is 12.1 Å². The van der Waals surface area contributed by atoms with Crippen molar-refractivity contribution in [3.63, 3.8) is 0 Å². The minimum absolute atomic E-state index is 0.208. The number of nitrogens with zero attached hydrogens (tertiary/aromatic N) is 2. The summed E-state index contributed by atoms with van der Waals surface area (Å²) in [6.07, 6.45) is 4.00. The number of rotatable bonds is 7. The lowest BCUT2D eigenvalue weighted by molar-refractivity contribution is 0.0944. The maximum Gasteiger partial charge on any atom is 0.272 e. The van der Waals surface area contributed by atoms with Gasteiger partial charge in [0.05, 0.1) is 10.9 Å². The lowest BCUT2D eigenvalue weighted by Crippen LogP contribution is -2.32. The fourth-order valence-electron chi connectivity index (χ4n) is 3.05. The molecule has 0 aliphatic carbocycles. The number of nitrogens with one attached hydrogen (secondary N) is 3. The van der Waals surface area contributed by atoms with Gasteiger partial charge in [0.25, 0.3) is 5.91 Å². The van der Waals surface area contributed by atoms with Crippen LogP contribution in [0, 0.1) is 0 Å². The fourth-order valence-corrected chi connectivity index (χ4v) is 4.10. The zero-order valence-electron chi connectivity index (χ0n) is 15.3. The van der Waals surface area contributed by atoms with Crippen molar-refractivity contribution in [1.82, 2.24) is 25.1 Å². The highest BCUT2D eigenvalue weighted by Gasteiger charge is 2.18. The van der Waals surface area contributed by atoms with Crippen LogP contribution >= 0.6 is 0 Å². The number of aromatic nitrogens is 2. The molecule has 1 atom stereocenters. The molecular weight excluding hydrogens is 366 g/mol. The zero-order valence-corrected chi connectivity index (χ0v) is 16.1. The Morgan fingerprint density at radius 2 is 2.07 bits per heavy atom. The Balaban J connectivity index is 1.57. The zero-order chi connectivity index (χ0) is 19.3. The minimum Gasteiger partial charge on any atom is -0.347 e. The van der Waals surface area contributed by atoms with E-state index in [0.29, 0.717) is 18.8 Å². The van der Waals surface area contributed by atoms with Crippen LogP contribution in [0.1, 0.15) is 41.9 Å². The number of sulfonamides is 1. The van der Waals surface area contributed by atoms with E-state index >= 15 is 0 Å². The number of carbonyl (C=O) groups is 1. The summed E-state index contributed by atoms with van der Waals surface area (Å²) in [6, 6.07) is 8.45. The van der Waals surface area contributed by atoms with Gasteiger partial charge in [0, 0.05) is 25.8 Å². The molecule has 0 bridgehead atoms. The van der Waals surface area contributed by atoms with Crippen LogP contribution in [0.4, 0.5) is 0 Å². The number of piperidine rings is 1. The Kier molecular flexibility index (Phi) is 6.25. The molecule has 0 radical (unpaired) electrons. The maximum absolute atomic E-state index is 12.3. The minimum atomic E-state index is -3.46. The Hall–Kier alpha value is -2.23. The molecule has 1 unspecified atom stereocenters. The van der Waals surface area contributed by atoms with Crippen molar-refractivity contribution >= 4 is 15.9 Å². The molecule has 146 valence electrons. The van der Waals surface area contributed by atoms with Crippen molar-refractivity contribution in [3.05, 3.63) is 47.8 Å². The third-order valence-electron chi connectivity index (χ3n) is 4.51. The molecule has 1 saturated heterocycles. The first-order valence-electron chi connectivity index (χ1n) is 9.12. The first-order chi connectivity index (χ1) is 13.0. The van der Waals surface area contributed by atoms with E-state index in [1.807, 2.05) is 10.9 Å². The first-order valence-corrected chi connectivity index (χ1v) is 10.6. The van der Waals surface area contributed by atoms with Gasteiger partial charge in [0.2, 0.25) is 10.0 Å². The number of amides is 1. The number of hydrogen-bond donors (Lipinski definition) is 3. The predicted molar refractivity (Wildman–Crippen MR) is 102 cm³/mol. The molecule has 1 amide bonds. The lowest BCUT2D eigenvalue weighted by Gasteiger charge is -2.22. The van der Waals surface area contributed by atoms with Gasteiger partial charge >= 0.3 is 0 Å². The Labute approximate surface area is 159 Å². The van der Waals surface area contributed by atoms with Gasteiger partial charge in [-0.2, -0.15) is 5.10 Å². The van der Waals surface area contributed by atoms with Gasteiger partial charge in [-0.25, -0.2) is 13.1 Å². The molecule has 2 aromatic rings. The Bertz CT molecular complexity index is 871. The average Bonchev–Trinajstić information content (AvgIpc) is 3.17. The number of carbonyl (C=O) groups excluding carboxylic acids is 1. The van der Waals surface area contributed by atoms with Crippen molar-refractivity contribution in [1.29, 1.82) is 0 Å². The van der Waals surface area contributed by atoms with E-state index in [0.717, 1.165) is 31.5 Å². The second-order valence-corrected chi connectivity index (χ2v) is 8.28. The van der Waals surface area contributed by atoms with Crippen LogP contribution < -0.4 is 15.4 Å². The predicted octanol–water partition coefficient (Wildman–Crippen LogP) is 1.04. The van der Waals surface area contributed by atoms with Crippen molar-refractivity contribution in [2.24, 2.45) is 0 Å². The number of benzene rings is 1. The molecule has 8 nitrogen and oxygen atoms in total. The molecule has 1 aliphatic rings. The van der Waals surface area contributed by atoms with Crippen molar-refractivity contribution in [2.75, 3.05) is 19.6 Å². The Morgan fingerprint density at radius 3 is 2.74 bits per heavy atom. The van der Waals surface area contributed by atoms with Crippen LogP contribution in [-0.2, 0) is 16.6 Å². The largest absolute Gasteiger partial charge is 0.347 e. The van der Waals surface area contributed by atoms with Crippen molar-refractivity contribution in [3.8, 4) is 0 Å². The van der Waals surface area contributed by atoms with Crippen LogP contribution in [-0.4, -0.2) is 43.7 Å². The van der Waals surface area contributed by atoms with Gasteiger partial charge in [-0.15, -0.1) is 0 Å². The summed E-state index contributed by atoms with van der Waals surface area (Å²) in [5, 5.41) is 10.5. The average molecular weight is 391 g/mol. The smallest absolute Gasteiger partial charge is 0.272 e. The third kappa shape index (κ3) is 4.94. The first kappa shape index (κ1) is 19.5. The van der Waals surface area contributed by atoms with Crippen LogP contribution in [0.2, 0.25) is 0 Å². The highest BCUT2D eigenvalue weighted by Crippen LogP contribution is 2.16. The van der Waals surface area contributed by atoms with Crippen molar-refractivity contribution < 1.29 is 13.2 Å². The topological polar surface area (TPSA) is 105 Å². The van der Waals surface area contributed by atoms with Gasteiger partial charge in [-0.05, 0) is 43.1 Å². The van der Waals surface area contributed by atoms with Gasteiger partial charge in [0.1, 0.15) is 5.69 Å². The molecule has 3 rings (SSSR count). The highest BCUT2D eigenvalue weighted by molar-refractivity contribution is 7.89. The molecule has 1 aromatic carbocycles. The molecule has 9 heteroatoms. The van der Waals surface area contributed by atoms with E-state index in [4.69, 9.17) is 0 Å². The summed E-state index contributed by atoms with van der Waals surface area (Å²) in [6.45, 7) is 4.26. The normalized spacial score (nSPS) is 17.6. The quantitative estimate of drug-likeness (QED) is 0.654. The summed E-state index contributed by atoms with van der Waals surface area (Å²) >= 11 is 0. The fraction of sp³-hybridized carbons (Fsp3) is 0.444. The van der Waals surface area contributed by atoms with E-state index in [9.17, 15) is 13.2 Å². The Morgan fingerprint density at radius 1 is 1.30 bits per heavy atom. The van der Waals surface area contributed by atoms with Gasteiger partial charge in [0.15, 0.2) is 0 Å². The second kappa shape index (κ2) is 8.64. The van der Waals surface area contributed by atoms with Crippen LogP contribution in [0.25, 0.3) is 0 Å². The molecule has 1 fully saturated rings. The maximum atomic E-state index is 12.3. The molecule has 0 spiro atoms. The van der Waals surface area contributed by atoms with Crippen LogP contribution in [0.15, 0.2) is 41.4 Å². The third-order valence-corrected chi connectivity index (χ3v) is 6.07. The molecule has 3 N–H and O–H groups in total. The number of hydrogen-bond acceptors (Lipinski definition) is 5. The summed E-state index contributed by atoms with van der Waals surface area (Å²) in [5.74, 6) is -0.248. The van der Waals surface area contributed by atoms with Gasteiger partial charge in [-0.1, -0.05) is 19.1 Å². The standard InChI is InChI=1S/C18H25N5O3S/c1-2-21-27(25,26)16-7-5-14(6-8-16)12-20-18(24)17-9-11-23(22-17)15-4-3-10-19-13-15/h5-9,11,15,19,21H,2-4,10,12-13H2,1H3,(H,20,24). The monoisotopic (exact) mass is 391 g/mol. The summed E-state index contributed by atoms with van der Waals surface area (Å²) in [4.78, 5) is 12.5. The van der Waals surface area contributed by atoms with Gasteiger partial charge in [-0.3, -0.25) is 9.48 Å². The van der Waals surface area contributed by atoms with Gasteiger partial charge < -0.3 is 10.6 Å². The van der Waals surface area contributed by atoms with E-state index in [1.54, 1.807) is 25.1 Å². The van der Waals surface area contributed by atoms with Crippen LogP contribution in [0.3, 0.4) is 0 Å². The van der Waals surface area contributed by atoms with Crippen molar-refractivity contribution in [2.45, 2.75) is 37.2 Å². The lowest BCUT2D eigenvalue weighted by atomic mass is 10.1. The molecule has 27 heavy (non-hydrogen) atoms. The molecule has 2 heterocycles. The molecular formula is C18H25N5O3S. The SMILES string of the molecule is CCNS(=O)(=O)c1ccc(CNC(=O)c2ccn(C3CCCNC3)n2)cc1. The molecule has 1 aromatic heterocycles. The summed E-state index contributed by atoms with van der Waals surface area (Å²) in [7, 11) is -3.46. The van der Waals surface area contributed by atoms with Crippen LogP contribution in [0.5, 0.6) is 0 Å². The van der Waals surface area contributed by atoms with E-state index in [-0.39, 0.29) is 16.8 Å². The summed E-state index contributed by atoms with van der Waals surface area (Å²) in [5.41, 5.74) is 1.20.